The first kappa shape index (κ1) is 21.0. The molecule has 0 amide bonds. The van der Waals surface area contributed by atoms with Crippen LogP contribution in [-0.2, 0) is 30.2 Å². The van der Waals surface area contributed by atoms with Crippen molar-refractivity contribution in [2.24, 2.45) is 0 Å². The largest absolute Gasteiger partial charge is 0.475 e. The van der Waals surface area contributed by atoms with E-state index in [9.17, 15) is 40.7 Å². The minimum atomic E-state index is -5.17. The lowest BCUT2D eigenvalue weighted by atomic mass is 10.3. The number of halogens is 3. The molecule has 0 radical (unpaired) electrons. The maximum absolute atomic E-state index is 12.4. The minimum Gasteiger partial charge on any atom is -0.462 e. The van der Waals surface area contributed by atoms with Gasteiger partial charge < -0.3 is 4.74 Å². The minimum absolute atomic E-state index is 0.254. The Morgan fingerprint density at radius 2 is 1.92 bits per heavy atom. The molecular weight excluding hydrogens is 391 g/mol. The monoisotopic (exact) mass is 403 g/mol. The number of sulfone groups is 1. The summed E-state index contributed by atoms with van der Waals surface area (Å²) in [5, 5.41) is 11.0. The van der Waals surface area contributed by atoms with E-state index in [-0.39, 0.29) is 6.07 Å². The second kappa shape index (κ2) is 7.47. The van der Waals surface area contributed by atoms with Crippen molar-refractivity contribution in [2.45, 2.75) is 35.3 Å². The highest BCUT2D eigenvalue weighted by Gasteiger charge is 2.39. The van der Waals surface area contributed by atoms with Crippen LogP contribution in [0.1, 0.15) is 13.8 Å². The Balaban J connectivity index is 3.34. The molecule has 0 aliphatic rings. The predicted octanol–water partition coefficient (Wildman–Crippen LogP) is 1.95. The molecule has 0 aliphatic heterocycles. The fourth-order valence-corrected chi connectivity index (χ4v) is 3.62. The van der Waals surface area contributed by atoms with Crippen LogP contribution in [0.4, 0.5) is 18.9 Å². The number of benzene rings is 1. The SMILES string of the molecule is CC(C)OC(=O)CS(=O)(=O)c1ccc(S(=O)C(F)(F)F)cc1[N+](=O)[O-]. The van der Waals surface area contributed by atoms with E-state index in [0.29, 0.717) is 12.1 Å². The Morgan fingerprint density at radius 1 is 1.36 bits per heavy atom. The first-order chi connectivity index (χ1) is 11.3. The Hall–Kier alpha value is -2.02. The number of esters is 1. The third-order valence-electron chi connectivity index (χ3n) is 2.56. The average molecular weight is 403 g/mol. The smallest absolute Gasteiger partial charge is 0.462 e. The highest BCUT2D eigenvalue weighted by Crippen LogP contribution is 2.32. The molecule has 0 aromatic heterocycles. The number of alkyl halides is 3. The molecule has 0 saturated carbocycles. The normalized spacial score (nSPS) is 13.5. The number of nitrogens with zero attached hydrogens (tertiary/aromatic N) is 1. The second-order valence-electron chi connectivity index (χ2n) is 4.90. The molecule has 0 spiro atoms. The standard InChI is InChI=1S/C12H12F3NO7S2/c1-7(2)23-11(17)6-25(21,22)10-4-3-8(5-9(10)16(18)19)24(20)12(13,14)15/h3-5,7H,6H2,1-2H3. The zero-order valence-corrected chi connectivity index (χ0v) is 14.4. The zero-order chi connectivity index (χ0) is 19.6. The molecule has 0 heterocycles. The molecule has 13 heteroatoms. The highest BCUT2D eigenvalue weighted by atomic mass is 32.2. The average Bonchev–Trinajstić information content (AvgIpc) is 2.43. The molecule has 0 aliphatic carbocycles. The van der Waals surface area contributed by atoms with E-state index in [2.05, 4.69) is 4.74 Å². The van der Waals surface area contributed by atoms with Crippen LogP contribution in [0.5, 0.6) is 0 Å². The number of hydrogen-bond acceptors (Lipinski definition) is 7. The fourth-order valence-electron chi connectivity index (χ4n) is 1.68. The fraction of sp³-hybridized carbons (Fsp3) is 0.417. The summed E-state index contributed by atoms with van der Waals surface area (Å²) in [4.78, 5) is 19.3. The van der Waals surface area contributed by atoms with Gasteiger partial charge in [-0.15, -0.1) is 0 Å². The summed E-state index contributed by atoms with van der Waals surface area (Å²) < 4.78 is 77.5. The van der Waals surface area contributed by atoms with Crippen LogP contribution in [0.3, 0.4) is 0 Å². The van der Waals surface area contributed by atoms with Gasteiger partial charge in [0, 0.05) is 6.07 Å². The van der Waals surface area contributed by atoms with Gasteiger partial charge >= 0.3 is 11.5 Å². The van der Waals surface area contributed by atoms with Crippen molar-refractivity contribution in [1.82, 2.24) is 0 Å². The third kappa shape index (κ3) is 5.49. The number of rotatable bonds is 6. The van der Waals surface area contributed by atoms with Crippen LogP contribution >= 0.6 is 0 Å². The van der Waals surface area contributed by atoms with Gasteiger partial charge in [0.05, 0.1) is 15.9 Å². The maximum atomic E-state index is 12.4. The van der Waals surface area contributed by atoms with Crippen molar-refractivity contribution in [3.63, 3.8) is 0 Å². The van der Waals surface area contributed by atoms with Gasteiger partial charge in [0.25, 0.3) is 5.69 Å². The topological polar surface area (TPSA) is 121 Å². The van der Waals surface area contributed by atoms with Crippen molar-refractivity contribution in [3.05, 3.63) is 28.3 Å². The van der Waals surface area contributed by atoms with E-state index in [1.54, 1.807) is 0 Å². The van der Waals surface area contributed by atoms with Crippen LogP contribution in [-0.4, -0.2) is 40.9 Å². The first-order valence-electron chi connectivity index (χ1n) is 6.45. The lowest BCUT2D eigenvalue weighted by molar-refractivity contribution is -0.388. The van der Waals surface area contributed by atoms with Gasteiger partial charge in [-0.1, -0.05) is 0 Å². The molecule has 0 bridgehead atoms. The van der Waals surface area contributed by atoms with Crippen LogP contribution < -0.4 is 0 Å². The third-order valence-corrected chi connectivity index (χ3v) is 5.30. The molecule has 140 valence electrons. The molecule has 1 aromatic rings. The van der Waals surface area contributed by atoms with E-state index in [4.69, 9.17) is 0 Å². The summed E-state index contributed by atoms with van der Waals surface area (Å²) >= 11 is 0. The van der Waals surface area contributed by atoms with Crippen molar-refractivity contribution < 1.29 is 40.3 Å². The maximum Gasteiger partial charge on any atom is 0.475 e. The Bertz CT molecular complexity index is 818. The van der Waals surface area contributed by atoms with E-state index in [1.807, 2.05) is 0 Å². The van der Waals surface area contributed by atoms with Crippen LogP contribution in [0.2, 0.25) is 0 Å². The van der Waals surface area contributed by atoms with Gasteiger partial charge in [0.1, 0.15) is 4.90 Å². The summed E-state index contributed by atoms with van der Waals surface area (Å²) in [6, 6.07) is 1.30. The number of nitro benzene ring substituents is 1. The molecule has 25 heavy (non-hydrogen) atoms. The van der Waals surface area contributed by atoms with E-state index in [1.165, 1.54) is 13.8 Å². The van der Waals surface area contributed by atoms with Crippen molar-refractivity contribution in [3.8, 4) is 0 Å². The van der Waals surface area contributed by atoms with Crippen LogP contribution in [0.15, 0.2) is 28.0 Å². The van der Waals surface area contributed by atoms with Crippen LogP contribution in [0.25, 0.3) is 0 Å². The molecule has 0 saturated heterocycles. The Labute approximate surface area is 142 Å². The van der Waals surface area contributed by atoms with E-state index < -0.39 is 64.4 Å². The van der Waals surface area contributed by atoms with Gasteiger partial charge in [0.2, 0.25) is 0 Å². The molecule has 0 N–H and O–H groups in total. The van der Waals surface area contributed by atoms with E-state index in [0.717, 1.165) is 0 Å². The van der Waals surface area contributed by atoms with Crippen molar-refractivity contribution in [2.75, 3.05) is 5.75 Å². The molecule has 1 aromatic carbocycles. The molecule has 8 nitrogen and oxygen atoms in total. The summed E-state index contributed by atoms with van der Waals surface area (Å²) in [6.45, 7) is 2.91. The van der Waals surface area contributed by atoms with Gasteiger partial charge in [-0.05, 0) is 26.0 Å². The summed E-state index contributed by atoms with van der Waals surface area (Å²) in [7, 11) is -8.13. The lowest BCUT2D eigenvalue weighted by Gasteiger charge is -2.10. The van der Waals surface area contributed by atoms with Gasteiger partial charge in [-0.25, -0.2) is 12.6 Å². The molecule has 1 rings (SSSR count). The van der Waals surface area contributed by atoms with Crippen molar-refractivity contribution >= 4 is 32.3 Å². The van der Waals surface area contributed by atoms with Crippen LogP contribution in [0, 0.1) is 10.1 Å². The van der Waals surface area contributed by atoms with Crippen molar-refractivity contribution in [1.29, 1.82) is 0 Å². The summed E-state index contributed by atoms with van der Waals surface area (Å²) in [5.41, 5.74) is -6.39. The molecule has 1 atom stereocenters. The molecular formula is C12H12F3NO7S2. The predicted molar refractivity (Wildman–Crippen MR) is 78.8 cm³/mol. The number of nitro groups is 1. The number of carbonyl (C=O) groups is 1. The second-order valence-corrected chi connectivity index (χ2v) is 8.33. The molecule has 1 unspecified atom stereocenters. The number of carbonyl (C=O) groups excluding carboxylic acids is 1. The zero-order valence-electron chi connectivity index (χ0n) is 12.8. The molecule has 0 fully saturated rings. The first-order valence-corrected chi connectivity index (χ1v) is 9.25. The Morgan fingerprint density at radius 3 is 2.36 bits per heavy atom. The lowest BCUT2D eigenvalue weighted by Crippen LogP contribution is -2.22. The number of hydrogen-bond donors (Lipinski definition) is 0. The highest BCUT2D eigenvalue weighted by molar-refractivity contribution is 7.92. The van der Waals surface area contributed by atoms with Gasteiger partial charge in [0.15, 0.2) is 26.4 Å². The summed E-state index contributed by atoms with van der Waals surface area (Å²) in [6.07, 6.45) is -0.630. The number of ether oxygens (including phenoxy) is 1. The van der Waals surface area contributed by atoms with Gasteiger partial charge in [-0.2, -0.15) is 13.2 Å². The quantitative estimate of drug-likeness (QED) is 0.404. The summed E-state index contributed by atoms with van der Waals surface area (Å²) in [5.74, 6) is -2.40. The Kier molecular flexibility index (Phi) is 6.28. The van der Waals surface area contributed by atoms with E-state index >= 15 is 0 Å². The van der Waals surface area contributed by atoms with Gasteiger partial charge in [-0.3, -0.25) is 14.9 Å².